The minimum atomic E-state index is 0.172. The maximum atomic E-state index is 9.85. The van der Waals surface area contributed by atoms with Crippen molar-refractivity contribution in [3.63, 3.8) is 0 Å². The van der Waals surface area contributed by atoms with Gasteiger partial charge < -0.3 is 5.21 Å². The average molecular weight is 196 g/mol. The summed E-state index contributed by atoms with van der Waals surface area (Å²) in [7, 11) is 0. The average Bonchev–Trinajstić information content (AvgIpc) is 2.68. The molecule has 0 aromatic carbocycles. The van der Waals surface area contributed by atoms with Crippen molar-refractivity contribution in [1.82, 2.24) is 5.27 Å². The Kier molecular flexibility index (Phi) is 2.71. The Hall–Kier alpha value is -1.46. The third kappa shape index (κ3) is 1.89. The molecule has 1 fully saturated rings. The molecular weight excluding hydrogens is 184 g/mol. The van der Waals surface area contributed by atoms with Crippen LogP contribution in [0.1, 0.15) is 38.1 Å². The van der Waals surface area contributed by atoms with E-state index in [1.54, 1.807) is 10.9 Å². The Morgan fingerprint density at radius 3 is 2.93 bits per heavy atom. The summed E-state index contributed by atoms with van der Waals surface area (Å²) in [6.45, 7) is 0. The fourth-order valence-corrected chi connectivity index (χ4v) is 1.85. The Bertz CT molecular complexity index is 317. The van der Waals surface area contributed by atoms with E-state index in [-0.39, 0.29) is 5.88 Å². The molecule has 1 aliphatic carbocycles. The van der Waals surface area contributed by atoms with Crippen LogP contribution >= 0.6 is 0 Å². The second-order valence-electron chi connectivity index (χ2n) is 3.49. The van der Waals surface area contributed by atoms with E-state index in [2.05, 4.69) is 15.7 Å². The molecule has 76 valence electrons. The summed E-state index contributed by atoms with van der Waals surface area (Å²) in [6, 6.07) is 0.392. The summed E-state index contributed by atoms with van der Waals surface area (Å²) in [6.07, 6.45) is 7.60. The molecule has 1 aromatic rings. The topological polar surface area (TPSA) is 77.7 Å². The van der Waals surface area contributed by atoms with Gasteiger partial charge in [-0.25, -0.2) is 5.28 Å². The van der Waals surface area contributed by atoms with Gasteiger partial charge in [-0.15, -0.1) is 5.11 Å². The molecule has 0 atom stereocenters. The van der Waals surface area contributed by atoms with Crippen LogP contribution in [-0.2, 0) is 0 Å². The minimum Gasteiger partial charge on any atom is -0.775 e. The fraction of sp³-hybridized carbons (Fsp3) is 0.750. The van der Waals surface area contributed by atoms with Crippen LogP contribution in [0, 0.1) is 5.21 Å². The summed E-state index contributed by atoms with van der Waals surface area (Å²) in [4.78, 5) is 0. The van der Waals surface area contributed by atoms with Gasteiger partial charge in [0, 0.05) is 12.8 Å². The number of rotatable bonds is 2. The highest BCUT2D eigenvalue weighted by Gasteiger charge is 2.25. The standard InChI is InChI=1S/C8H12N4O2/c13-10-9-8-6-12(11-14-8)7-4-2-1-3-5-7/h6-7H,1-5H2. The molecule has 0 N–H and O–H groups in total. The van der Waals surface area contributed by atoms with Gasteiger partial charge in [-0.05, 0) is 17.5 Å². The molecule has 1 aromatic heterocycles. The van der Waals surface area contributed by atoms with E-state index in [1.807, 2.05) is 0 Å². The van der Waals surface area contributed by atoms with E-state index in [1.165, 1.54) is 19.3 Å². The van der Waals surface area contributed by atoms with Crippen molar-refractivity contribution in [3.05, 3.63) is 11.4 Å². The van der Waals surface area contributed by atoms with E-state index in [4.69, 9.17) is 4.52 Å². The summed E-state index contributed by atoms with van der Waals surface area (Å²) in [5.41, 5.74) is 0. The summed E-state index contributed by atoms with van der Waals surface area (Å²) >= 11 is 0. The zero-order valence-corrected chi connectivity index (χ0v) is 7.80. The van der Waals surface area contributed by atoms with Crippen LogP contribution in [-0.4, -0.2) is 5.27 Å². The molecule has 6 heteroatoms. The van der Waals surface area contributed by atoms with Gasteiger partial charge in [0.15, 0.2) is 6.04 Å². The molecule has 1 aliphatic rings. The quantitative estimate of drug-likeness (QED) is 0.412. The predicted octanol–water partition coefficient (Wildman–Crippen LogP) is 2.05. The molecule has 1 saturated carbocycles. The van der Waals surface area contributed by atoms with Gasteiger partial charge in [-0.2, -0.15) is 0 Å². The largest absolute Gasteiger partial charge is 0.775 e. The highest BCUT2D eigenvalue weighted by molar-refractivity contribution is 5.09. The summed E-state index contributed by atoms with van der Waals surface area (Å²) in [5, 5.41) is 19.3. The molecule has 0 amide bonds. The van der Waals surface area contributed by atoms with Gasteiger partial charge in [0.25, 0.3) is 6.20 Å². The first-order valence-corrected chi connectivity index (χ1v) is 4.81. The van der Waals surface area contributed by atoms with Gasteiger partial charge in [0.1, 0.15) is 0 Å². The second-order valence-corrected chi connectivity index (χ2v) is 3.49. The molecule has 6 nitrogen and oxygen atoms in total. The van der Waals surface area contributed by atoms with Crippen molar-refractivity contribution in [2.45, 2.75) is 38.1 Å². The van der Waals surface area contributed by atoms with E-state index in [9.17, 15) is 5.21 Å². The van der Waals surface area contributed by atoms with Gasteiger partial charge >= 0.3 is 5.88 Å². The summed E-state index contributed by atoms with van der Waals surface area (Å²) in [5.74, 6) is 0.172. The molecule has 0 spiro atoms. The van der Waals surface area contributed by atoms with Crippen molar-refractivity contribution >= 4 is 5.88 Å². The van der Waals surface area contributed by atoms with Crippen LogP contribution in [0.3, 0.4) is 0 Å². The van der Waals surface area contributed by atoms with Gasteiger partial charge in [-0.1, -0.05) is 6.42 Å². The molecule has 0 radical (unpaired) electrons. The number of hydrogen-bond donors (Lipinski definition) is 0. The third-order valence-corrected chi connectivity index (χ3v) is 2.56. The van der Waals surface area contributed by atoms with Crippen molar-refractivity contribution in [2.24, 2.45) is 10.4 Å². The first kappa shape index (κ1) is 9.11. The Morgan fingerprint density at radius 1 is 1.43 bits per heavy atom. The molecule has 0 unspecified atom stereocenters. The normalized spacial score (nSPS) is 19.1. The zero-order chi connectivity index (χ0) is 9.80. The maximum absolute atomic E-state index is 9.85. The maximum Gasteiger partial charge on any atom is 0.339 e. The lowest BCUT2D eigenvalue weighted by atomic mass is 9.96. The third-order valence-electron chi connectivity index (χ3n) is 2.56. The first-order chi connectivity index (χ1) is 6.90. The summed E-state index contributed by atoms with van der Waals surface area (Å²) < 4.78 is 6.55. The smallest absolute Gasteiger partial charge is 0.339 e. The lowest BCUT2D eigenvalue weighted by Crippen LogP contribution is -2.41. The van der Waals surface area contributed by atoms with E-state index in [0.717, 1.165) is 12.8 Å². The highest BCUT2D eigenvalue weighted by Crippen LogP contribution is 2.23. The molecule has 14 heavy (non-hydrogen) atoms. The number of aromatic nitrogens is 2. The number of hydrogen-bond acceptors (Lipinski definition) is 5. The van der Waals surface area contributed by atoms with Gasteiger partial charge in [0.2, 0.25) is 5.27 Å². The van der Waals surface area contributed by atoms with Crippen molar-refractivity contribution in [2.75, 3.05) is 0 Å². The second kappa shape index (κ2) is 4.17. The Labute approximate surface area is 81.2 Å². The SMILES string of the molecule is [O-]/N=N/c1c[n+](C2CCCCC2)no1. The molecule has 1 heterocycles. The highest BCUT2D eigenvalue weighted by atomic mass is 16.5. The van der Waals surface area contributed by atoms with Crippen LogP contribution in [0.5, 0.6) is 0 Å². The molecule has 0 bridgehead atoms. The van der Waals surface area contributed by atoms with Crippen LogP contribution in [0.25, 0.3) is 0 Å². The lowest BCUT2D eigenvalue weighted by Gasteiger charge is -2.12. The zero-order valence-electron chi connectivity index (χ0n) is 7.80. The van der Waals surface area contributed by atoms with Crippen molar-refractivity contribution in [3.8, 4) is 0 Å². The van der Waals surface area contributed by atoms with Gasteiger partial charge in [0.05, 0.1) is 0 Å². The van der Waals surface area contributed by atoms with Gasteiger partial charge in [-0.3, -0.25) is 4.52 Å². The first-order valence-electron chi connectivity index (χ1n) is 4.81. The van der Waals surface area contributed by atoms with Crippen LogP contribution in [0.15, 0.2) is 21.1 Å². The van der Waals surface area contributed by atoms with E-state index < -0.39 is 0 Å². The van der Waals surface area contributed by atoms with Crippen molar-refractivity contribution < 1.29 is 9.20 Å². The fourth-order valence-electron chi connectivity index (χ4n) is 1.85. The van der Waals surface area contributed by atoms with E-state index >= 15 is 0 Å². The van der Waals surface area contributed by atoms with Crippen molar-refractivity contribution in [1.29, 1.82) is 0 Å². The van der Waals surface area contributed by atoms with Crippen LogP contribution in [0.4, 0.5) is 5.88 Å². The Morgan fingerprint density at radius 2 is 2.21 bits per heavy atom. The molecule has 0 aliphatic heterocycles. The molecular formula is C8H12N4O2. The van der Waals surface area contributed by atoms with Crippen LogP contribution in [0.2, 0.25) is 0 Å². The molecule has 2 rings (SSSR count). The monoisotopic (exact) mass is 196 g/mol. The predicted molar refractivity (Wildman–Crippen MR) is 46.7 cm³/mol. The minimum absolute atomic E-state index is 0.172. The van der Waals surface area contributed by atoms with E-state index in [0.29, 0.717) is 6.04 Å². The number of nitrogens with zero attached hydrogens (tertiary/aromatic N) is 4. The Balaban J connectivity index is 2.07. The van der Waals surface area contributed by atoms with Crippen LogP contribution < -0.4 is 4.68 Å². The molecule has 0 saturated heterocycles. The lowest BCUT2D eigenvalue weighted by molar-refractivity contribution is -0.787.